The number of piperidine rings is 1. The first kappa shape index (κ1) is 22.3. The van der Waals surface area contributed by atoms with Crippen molar-refractivity contribution in [2.75, 3.05) is 30.9 Å². The summed E-state index contributed by atoms with van der Waals surface area (Å²) >= 11 is 5.43. The molecule has 4 rings (SSSR count). The molecule has 1 aromatic carbocycles. The van der Waals surface area contributed by atoms with Crippen LogP contribution < -0.4 is 14.4 Å². The zero-order valence-corrected chi connectivity index (χ0v) is 19.8. The zero-order valence-electron chi connectivity index (χ0n) is 18.2. The molecule has 0 amide bonds. The number of benzene rings is 1. The average Bonchev–Trinajstić information content (AvgIpc) is 3.18. The van der Waals surface area contributed by atoms with E-state index in [9.17, 15) is 4.55 Å². The molecule has 2 aromatic heterocycles. The number of ether oxygens (including phenoxy) is 1. The summed E-state index contributed by atoms with van der Waals surface area (Å²) in [4.78, 5) is 7.23. The Morgan fingerprint density at radius 2 is 2.06 bits per heavy atom. The van der Waals surface area contributed by atoms with Gasteiger partial charge in [-0.25, -0.2) is 4.98 Å². The average molecular weight is 461 g/mol. The number of aromatic nitrogens is 2. The molecule has 0 aliphatic carbocycles. The van der Waals surface area contributed by atoms with Crippen molar-refractivity contribution in [3.05, 3.63) is 47.2 Å². The van der Waals surface area contributed by atoms with Crippen LogP contribution in [0.4, 0.5) is 5.69 Å². The molecule has 8 heteroatoms. The standard InChI is InChI=1S/C23H29ClN4O2S/c1-4-11-31(29)26-17-5-8-27(9-6-17)18-7-10-28-15-21(25-23(28)13-18)19-14-20(24)22(30-3)12-16(19)2/h7,10,12-15,17,26H,4-6,8-9,11H2,1-3H3. The van der Waals surface area contributed by atoms with Crippen LogP contribution in [0.3, 0.4) is 0 Å². The molecule has 1 N–H and O–H groups in total. The molecule has 6 nitrogen and oxygen atoms in total. The molecule has 1 atom stereocenters. The molecule has 1 unspecified atom stereocenters. The molecule has 166 valence electrons. The van der Waals surface area contributed by atoms with E-state index in [1.165, 1.54) is 5.69 Å². The van der Waals surface area contributed by atoms with Gasteiger partial charge in [0.1, 0.15) is 17.1 Å². The van der Waals surface area contributed by atoms with Gasteiger partial charge in [-0.05, 0) is 49.9 Å². The predicted octanol–water partition coefficient (Wildman–Crippen LogP) is 4.60. The quantitative estimate of drug-likeness (QED) is 0.522. The summed E-state index contributed by atoms with van der Waals surface area (Å²) in [5.41, 5.74) is 5.04. The molecule has 1 saturated heterocycles. The Hall–Kier alpha value is -1.93. The van der Waals surface area contributed by atoms with Crippen molar-refractivity contribution >= 4 is 34.3 Å². The molecular weight excluding hydrogens is 432 g/mol. The second-order valence-electron chi connectivity index (χ2n) is 8.01. The van der Waals surface area contributed by atoms with E-state index in [1.807, 2.05) is 29.7 Å². The van der Waals surface area contributed by atoms with Crippen molar-refractivity contribution in [1.29, 1.82) is 0 Å². The molecule has 1 fully saturated rings. The van der Waals surface area contributed by atoms with Gasteiger partial charge in [0.2, 0.25) is 0 Å². The maximum absolute atomic E-state index is 12.0. The van der Waals surface area contributed by atoms with Gasteiger partial charge >= 0.3 is 0 Å². The third kappa shape index (κ3) is 4.95. The minimum atomic E-state index is -0.913. The van der Waals surface area contributed by atoms with Gasteiger partial charge in [0.25, 0.3) is 0 Å². The van der Waals surface area contributed by atoms with Crippen molar-refractivity contribution in [2.45, 2.75) is 39.2 Å². The summed E-state index contributed by atoms with van der Waals surface area (Å²) in [5.74, 6) is 1.39. The van der Waals surface area contributed by atoms with Crippen LogP contribution in [-0.4, -0.2) is 45.9 Å². The number of aryl methyl sites for hydroxylation is 1. The molecule has 0 bridgehead atoms. The highest BCUT2D eigenvalue weighted by atomic mass is 35.5. The highest BCUT2D eigenvalue weighted by molar-refractivity contribution is 7.89. The highest BCUT2D eigenvalue weighted by Gasteiger charge is 2.23. The minimum Gasteiger partial charge on any atom is -0.598 e. The Balaban J connectivity index is 1.50. The number of nitrogens with one attached hydrogen (secondary N) is 1. The van der Waals surface area contributed by atoms with E-state index in [0.29, 0.717) is 16.8 Å². The number of pyridine rings is 1. The third-order valence-electron chi connectivity index (χ3n) is 5.77. The second-order valence-corrected chi connectivity index (χ2v) is 9.75. The summed E-state index contributed by atoms with van der Waals surface area (Å²) in [6, 6.07) is 8.45. The lowest BCUT2D eigenvalue weighted by Crippen LogP contribution is -2.45. The highest BCUT2D eigenvalue weighted by Crippen LogP contribution is 2.33. The van der Waals surface area contributed by atoms with Gasteiger partial charge < -0.3 is 18.6 Å². The van der Waals surface area contributed by atoms with E-state index in [-0.39, 0.29) is 0 Å². The van der Waals surface area contributed by atoms with Crippen molar-refractivity contribution in [3.8, 4) is 17.0 Å². The van der Waals surface area contributed by atoms with Gasteiger partial charge in [-0.3, -0.25) is 0 Å². The van der Waals surface area contributed by atoms with Gasteiger partial charge in [-0.2, -0.15) is 0 Å². The predicted molar refractivity (Wildman–Crippen MR) is 129 cm³/mol. The fraction of sp³-hybridized carbons (Fsp3) is 0.435. The number of nitrogens with zero attached hydrogens (tertiary/aromatic N) is 3. The molecule has 1 aliphatic heterocycles. The van der Waals surface area contributed by atoms with E-state index in [0.717, 1.165) is 60.6 Å². The minimum absolute atomic E-state index is 0.327. The fourth-order valence-corrected chi connectivity index (χ4v) is 5.41. The van der Waals surface area contributed by atoms with Crippen LogP contribution in [0.25, 0.3) is 16.9 Å². The number of imidazole rings is 1. The van der Waals surface area contributed by atoms with Gasteiger partial charge in [-0.15, -0.1) is 4.72 Å². The Labute approximate surface area is 191 Å². The number of halogens is 1. The third-order valence-corrected chi connectivity index (χ3v) is 7.44. The van der Waals surface area contributed by atoms with Crippen LogP contribution in [-0.2, 0) is 11.4 Å². The van der Waals surface area contributed by atoms with E-state index in [1.54, 1.807) is 7.11 Å². The van der Waals surface area contributed by atoms with Gasteiger partial charge in [-0.1, -0.05) is 18.5 Å². The smallest absolute Gasteiger partial charge is 0.139 e. The molecule has 31 heavy (non-hydrogen) atoms. The summed E-state index contributed by atoms with van der Waals surface area (Å²) in [5, 5.41) is 0.581. The summed E-state index contributed by atoms with van der Waals surface area (Å²) in [6.07, 6.45) is 7.01. The van der Waals surface area contributed by atoms with Gasteiger partial charge in [0.05, 0.1) is 23.9 Å². The largest absolute Gasteiger partial charge is 0.598 e. The van der Waals surface area contributed by atoms with Crippen LogP contribution in [0.15, 0.2) is 36.7 Å². The van der Waals surface area contributed by atoms with Crippen molar-refractivity contribution in [2.24, 2.45) is 0 Å². The van der Waals surface area contributed by atoms with E-state index < -0.39 is 11.4 Å². The lowest BCUT2D eigenvalue weighted by molar-refractivity contribution is 0.415. The van der Waals surface area contributed by atoms with Crippen LogP contribution in [0.1, 0.15) is 31.7 Å². The Morgan fingerprint density at radius 1 is 1.29 bits per heavy atom. The lowest BCUT2D eigenvalue weighted by Gasteiger charge is -2.33. The number of fused-ring (bicyclic) bond motifs is 1. The van der Waals surface area contributed by atoms with Crippen molar-refractivity contribution < 1.29 is 9.29 Å². The number of methoxy groups -OCH3 is 1. The van der Waals surface area contributed by atoms with Gasteiger partial charge in [0.15, 0.2) is 0 Å². The lowest BCUT2D eigenvalue weighted by atomic mass is 10.1. The molecule has 3 heterocycles. The first-order valence-corrected chi connectivity index (χ1v) is 12.4. The number of rotatable bonds is 7. The number of anilines is 1. The number of hydrogen-bond donors (Lipinski definition) is 1. The Kier molecular flexibility index (Phi) is 6.96. The fourth-order valence-electron chi connectivity index (χ4n) is 4.07. The second kappa shape index (κ2) is 9.69. The molecule has 0 spiro atoms. The van der Waals surface area contributed by atoms with Crippen LogP contribution >= 0.6 is 11.6 Å². The molecule has 3 aromatic rings. The van der Waals surface area contributed by atoms with Gasteiger partial charge in [0, 0.05) is 54.2 Å². The summed E-state index contributed by atoms with van der Waals surface area (Å²) < 4.78 is 22.6. The number of hydrogen-bond acceptors (Lipinski definition) is 5. The first-order chi connectivity index (χ1) is 15.0. The molecule has 0 saturated carbocycles. The topological polar surface area (TPSA) is 64.9 Å². The van der Waals surface area contributed by atoms with E-state index in [2.05, 4.69) is 34.9 Å². The first-order valence-electron chi connectivity index (χ1n) is 10.7. The maximum Gasteiger partial charge on any atom is 0.139 e. The molecule has 1 aliphatic rings. The van der Waals surface area contributed by atoms with Crippen LogP contribution in [0, 0.1) is 6.92 Å². The van der Waals surface area contributed by atoms with E-state index in [4.69, 9.17) is 21.3 Å². The maximum atomic E-state index is 12.0. The molecular formula is C23H29ClN4O2S. The monoisotopic (exact) mass is 460 g/mol. The van der Waals surface area contributed by atoms with E-state index >= 15 is 0 Å². The van der Waals surface area contributed by atoms with Crippen LogP contribution in [0.2, 0.25) is 5.02 Å². The Morgan fingerprint density at radius 3 is 2.77 bits per heavy atom. The molecule has 0 radical (unpaired) electrons. The SMILES string of the molecule is CCC[S+]([O-])NC1CCN(c2ccn3cc(-c4cc(Cl)c(OC)cc4C)nc3c2)CC1. The van der Waals surface area contributed by atoms with Crippen LogP contribution in [0.5, 0.6) is 5.75 Å². The summed E-state index contributed by atoms with van der Waals surface area (Å²) in [6.45, 7) is 5.98. The van der Waals surface area contributed by atoms with Crippen molar-refractivity contribution in [3.63, 3.8) is 0 Å². The normalized spacial score (nSPS) is 16.1. The Bertz CT molecular complexity index is 1050. The summed E-state index contributed by atoms with van der Waals surface area (Å²) in [7, 11) is 1.62. The zero-order chi connectivity index (χ0) is 22.0. The van der Waals surface area contributed by atoms with Crippen molar-refractivity contribution in [1.82, 2.24) is 14.1 Å².